The van der Waals surface area contributed by atoms with Crippen molar-refractivity contribution in [2.75, 3.05) is 19.4 Å². The number of hydrogen-bond acceptors (Lipinski definition) is 6. The minimum atomic E-state index is -0.313. The molecule has 0 bridgehead atoms. The number of hydrogen-bond donors (Lipinski definition) is 1. The molecule has 1 N–H and O–H groups in total. The van der Waals surface area contributed by atoms with Crippen molar-refractivity contribution in [3.05, 3.63) is 93.2 Å². The molecule has 0 spiro atoms. The fourth-order valence-electron chi connectivity index (χ4n) is 3.60. The monoisotopic (exact) mass is 521 g/mol. The van der Waals surface area contributed by atoms with E-state index in [1.54, 1.807) is 73.8 Å². The van der Waals surface area contributed by atoms with Crippen LogP contribution in [-0.2, 0) is 0 Å². The van der Waals surface area contributed by atoms with Gasteiger partial charge in [-0.3, -0.25) is 19.0 Å². The van der Waals surface area contributed by atoms with Crippen molar-refractivity contribution in [1.29, 1.82) is 0 Å². The van der Waals surface area contributed by atoms with Gasteiger partial charge in [0.25, 0.3) is 11.5 Å². The van der Waals surface area contributed by atoms with Gasteiger partial charge >= 0.3 is 0 Å². The number of carbonyl (C=O) groups is 2. The molecule has 0 atom stereocenters. The van der Waals surface area contributed by atoms with Gasteiger partial charge in [0.2, 0.25) is 0 Å². The van der Waals surface area contributed by atoms with E-state index in [1.165, 1.54) is 4.57 Å². The summed E-state index contributed by atoms with van der Waals surface area (Å²) in [5, 5.41) is 3.98. The highest BCUT2D eigenvalue weighted by atomic mass is 35.5. The molecule has 0 fully saturated rings. The Morgan fingerprint density at radius 1 is 1.06 bits per heavy atom. The molecule has 3 aromatic carbocycles. The molecule has 4 aromatic rings. The predicted molar refractivity (Wildman–Crippen MR) is 143 cm³/mol. The number of amides is 1. The number of Topliss-reactive ketones (excluding diaryl/α,β-unsaturated/α-hetero) is 1. The number of benzene rings is 3. The number of carbonyl (C=O) groups excluding carboxylic acids is 2. The van der Waals surface area contributed by atoms with Crippen molar-refractivity contribution in [2.24, 2.45) is 0 Å². The Bertz CT molecular complexity index is 1500. The molecule has 0 aliphatic carbocycles. The average Bonchev–Trinajstić information content (AvgIpc) is 2.90. The summed E-state index contributed by atoms with van der Waals surface area (Å²) in [6.45, 7) is 2.52. The molecule has 0 unspecified atom stereocenters. The average molecular weight is 522 g/mol. The number of methoxy groups -OCH3 is 1. The lowest BCUT2D eigenvalue weighted by Crippen LogP contribution is -2.25. The molecule has 7 nitrogen and oxygen atoms in total. The normalized spacial score (nSPS) is 10.9. The van der Waals surface area contributed by atoms with Crippen LogP contribution in [-0.4, -0.2) is 40.6 Å². The number of nitrogens with zero attached hydrogens (tertiary/aromatic N) is 2. The summed E-state index contributed by atoms with van der Waals surface area (Å²) in [7, 11) is 1.55. The van der Waals surface area contributed by atoms with Crippen molar-refractivity contribution in [3.8, 4) is 11.4 Å². The van der Waals surface area contributed by atoms with Gasteiger partial charge in [-0.05, 0) is 48.9 Å². The van der Waals surface area contributed by atoms with Gasteiger partial charge in [-0.15, -0.1) is 0 Å². The number of halogens is 1. The quantitative estimate of drug-likeness (QED) is 0.186. The highest BCUT2D eigenvalue weighted by Crippen LogP contribution is 2.25. The van der Waals surface area contributed by atoms with Crippen molar-refractivity contribution in [1.82, 2.24) is 14.9 Å². The lowest BCUT2D eigenvalue weighted by molar-refractivity contribution is 0.0953. The van der Waals surface area contributed by atoms with Crippen LogP contribution in [0.3, 0.4) is 0 Å². The van der Waals surface area contributed by atoms with Gasteiger partial charge < -0.3 is 10.1 Å². The van der Waals surface area contributed by atoms with Crippen molar-refractivity contribution in [2.45, 2.75) is 18.5 Å². The minimum absolute atomic E-state index is 0.0406. The summed E-state index contributed by atoms with van der Waals surface area (Å²) in [6.07, 6.45) is 0.810. The molecular weight excluding hydrogens is 498 g/mol. The second-order valence-electron chi connectivity index (χ2n) is 7.95. The van der Waals surface area contributed by atoms with Crippen LogP contribution in [0.4, 0.5) is 0 Å². The van der Waals surface area contributed by atoms with Gasteiger partial charge in [0, 0.05) is 28.8 Å². The molecule has 184 valence electrons. The topological polar surface area (TPSA) is 90.3 Å². The van der Waals surface area contributed by atoms with E-state index in [2.05, 4.69) is 5.32 Å². The van der Waals surface area contributed by atoms with Crippen LogP contribution in [0.1, 0.15) is 34.1 Å². The molecule has 9 heteroatoms. The van der Waals surface area contributed by atoms with Gasteiger partial charge in [0.15, 0.2) is 10.9 Å². The second-order valence-corrected chi connectivity index (χ2v) is 9.33. The van der Waals surface area contributed by atoms with Crippen LogP contribution in [0.2, 0.25) is 5.02 Å². The van der Waals surface area contributed by atoms with E-state index in [4.69, 9.17) is 21.3 Å². The third kappa shape index (κ3) is 5.61. The summed E-state index contributed by atoms with van der Waals surface area (Å²) >= 11 is 7.18. The van der Waals surface area contributed by atoms with E-state index in [1.807, 2.05) is 6.92 Å². The Kier molecular flexibility index (Phi) is 8.07. The van der Waals surface area contributed by atoms with E-state index in [-0.39, 0.29) is 23.0 Å². The predicted octanol–water partition coefficient (Wildman–Crippen LogP) is 5.16. The van der Waals surface area contributed by atoms with Crippen LogP contribution in [0.25, 0.3) is 16.6 Å². The third-order valence-corrected chi connectivity index (χ3v) is 6.60. The summed E-state index contributed by atoms with van der Waals surface area (Å²) in [5.74, 6) is 0.233. The number of aromatic nitrogens is 2. The molecule has 0 radical (unpaired) electrons. The number of rotatable bonds is 9. The number of ketones is 1. The smallest absolute Gasteiger partial charge is 0.266 e. The van der Waals surface area contributed by atoms with Gasteiger partial charge in [-0.25, -0.2) is 4.98 Å². The van der Waals surface area contributed by atoms with E-state index < -0.39 is 0 Å². The number of thioether (sulfide) groups is 1. The molecule has 0 saturated carbocycles. The van der Waals surface area contributed by atoms with E-state index in [0.29, 0.717) is 50.2 Å². The Morgan fingerprint density at radius 2 is 1.86 bits per heavy atom. The van der Waals surface area contributed by atoms with E-state index in [9.17, 15) is 14.4 Å². The first-order valence-corrected chi connectivity index (χ1v) is 12.7. The summed E-state index contributed by atoms with van der Waals surface area (Å²) < 4.78 is 6.79. The minimum Gasteiger partial charge on any atom is -0.497 e. The summed E-state index contributed by atoms with van der Waals surface area (Å²) in [4.78, 5) is 43.7. The highest BCUT2D eigenvalue weighted by Gasteiger charge is 2.17. The zero-order chi connectivity index (χ0) is 25.7. The van der Waals surface area contributed by atoms with Crippen molar-refractivity contribution >= 4 is 46.0 Å². The molecule has 1 amide bonds. The first kappa shape index (κ1) is 25.5. The second kappa shape index (κ2) is 11.4. The van der Waals surface area contributed by atoms with Crippen LogP contribution in [0, 0.1) is 0 Å². The zero-order valence-corrected chi connectivity index (χ0v) is 21.4. The van der Waals surface area contributed by atoms with Gasteiger partial charge in [-0.2, -0.15) is 0 Å². The number of fused-ring (bicyclic) bond motifs is 1. The molecule has 1 aromatic heterocycles. The first-order chi connectivity index (χ1) is 17.4. The molecule has 36 heavy (non-hydrogen) atoms. The van der Waals surface area contributed by atoms with Crippen molar-refractivity contribution in [3.63, 3.8) is 0 Å². The van der Waals surface area contributed by atoms with Gasteiger partial charge in [0.1, 0.15) is 5.75 Å². The highest BCUT2D eigenvalue weighted by molar-refractivity contribution is 7.99. The molecule has 0 aliphatic heterocycles. The molecule has 1 heterocycles. The molecular formula is C27H24ClN3O4S. The number of ether oxygens (including phenoxy) is 1. The molecule has 4 rings (SSSR count). The third-order valence-electron chi connectivity index (χ3n) is 5.43. The maximum Gasteiger partial charge on any atom is 0.266 e. The van der Waals surface area contributed by atoms with Crippen LogP contribution in [0.5, 0.6) is 5.75 Å². The Balaban J connectivity index is 1.79. The number of nitrogens with one attached hydrogen (secondary N) is 1. The first-order valence-electron chi connectivity index (χ1n) is 11.3. The largest absolute Gasteiger partial charge is 0.497 e. The Morgan fingerprint density at radius 3 is 2.61 bits per heavy atom. The lowest BCUT2D eigenvalue weighted by Gasteiger charge is -2.14. The Labute approximate surface area is 217 Å². The lowest BCUT2D eigenvalue weighted by atomic mass is 10.1. The van der Waals surface area contributed by atoms with Gasteiger partial charge in [0.05, 0.1) is 29.5 Å². The fraction of sp³-hybridized carbons (Fsp3) is 0.185. The van der Waals surface area contributed by atoms with Gasteiger partial charge in [-0.1, -0.05) is 48.5 Å². The Hall–Kier alpha value is -3.62. The zero-order valence-electron chi connectivity index (χ0n) is 19.8. The van der Waals surface area contributed by atoms with E-state index in [0.717, 1.165) is 18.2 Å². The maximum absolute atomic E-state index is 13.6. The van der Waals surface area contributed by atoms with Crippen LogP contribution in [0.15, 0.2) is 76.7 Å². The van der Waals surface area contributed by atoms with E-state index >= 15 is 0 Å². The van der Waals surface area contributed by atoms with Crippen molar-refractivity contribution < 1.29 is 14.3 Å². The summed E-state index contributed by atoms with van der Waals surface area (Å²) in [5.41, 5.74) is 1.50. The SMILES string of the molecule is CCCNC(=O)c1ccc2c(=O)n(-c3cccc(OC)c3)c(SCC(=O)c3cccc(Cl)c3)nc2c1. The maximum atomic E-state index is 13.6. The fourth-order valence-corrected chi connectivity index (χ4v) is 4.69. The molecule has 0 aliphatic rings. The van der Waals surface area contributed by atoms with Crippen LogP contribution >= 0.6 is 23.4 Å². The van der Waals surface area contributed by atoms with Crippen LogP contribution < -0.4 is 15.6 Å². The summed E-state index contributed by atoms with van der Waals surface area (Å²) in [6, 6.07) is 18.6. The molecule has 0 saturated heterocycles. The standard InChI is InChI=1S/C27H24ClN3O4S/c1-3-12-29-25(33)18-10-11-22-23(14-18)30-27(36-16-24(32)17-6-4-7-19(28)13-17)31(26(22)34)20-8-5-9-21(15-20)35-2/h4-11,13-15H,3,12,16H2,1-2H3,(H,29,33).